The zero-order valence-corrected chi connectivity index (χ0v) is 19.0. The Morgan fingerprint density at radius 1 is 1.13 bits per heavy atom. The highest BCUT2D eigenvalue weighted by atomic mass is 32.1. The van der Waals surface area contributed by atoms with Crippen molar-refractivity contribution >= 4 is 27.5 Å². The first-order valence-corrected chi connectivity index (χ1v) is 10.7. The van der Waals surface area contributed by atoms with Crippen LogP contribution >= 0.6 is 11.3 Å². The number of methoxy groups -OCH3 is 2. The van der Waals surface area contributed by atoms with Crippen LogP contribution in [0.4, 0.5) is 0 Å². The molecule has 0 N–H and O–H groups in total. The molecule has 0 bridgehead atoms. The molecule has 6 nitrogen and oxygen atoms in total. The molecule has 0 aliphatic carbocycles. The van der Waals surface area contributed by atoms with Crippen molar-refractivity contribution in [3.8, 4) is 11.5 Å². The minimum Gasteiger partial charge on any atom is -0.497 e. The maximum Gasteiger partial charge on any atom is 0.252 e. The Labute approximate surface area is 180 Å². The summed E-state index contributed by atoms with van der Waals surface area (Å²) in [6.07, 6.45) is 0.158. The molecule has 0 unspecified atom stereocenters. The van der Waals surface area contributed by atoms with E-state index in [0.29, 0.717) is 36.1 Å². The third kappa shape index (κ3) is 4.91. The number of amides is 1. The van der Waals surface area contributed by atoms with Gasteiger partial charge in [-0.2, -0.15) is 4.99 Å². The lowest BCUT2D eigenvalue weighted by Gasteiger charge is -2.09. The lowest BCUT2D eigenvalue weighted by atomic mass is 10.1. The number of thiazole rings is 1. The van der Waals surface area contributed by atoms with Gasteiger partial charge in [-0.25, -0.2) is 0 Å². The molecule has 1 aromatic heterocycles. The standard InChI is InChI=1S/C23H28N2O4S/c1-6-29-10-9-25-19-12-15(2)11-16(3)22(19)30-23(25)24-21(26)13-17-7-8-18(27-4)14-20(17)28-5/h7-8,11-12,14H,6,9-10,13H2,1-5H3. The van der Waals surface area contributed by atoms with E-state index in [-0.39, 0.29) is 12.3 Å². The lowest BCUT2D eigenvalue weighted by molar-refractivity contribution is -0.117. The Balaban J connectivity index is 1.99. The first-order chi connectivity index (χ1) is 14.5. The average Bonchev–Trinajstić information content (AvgIpc) is 3.06. The monoisotopic (exact) mass is 428 g/mol. The van der Waals surface area contributed by atoms with Gasteiger partial charge in [0, 0.05) is 24.8 Å². The van der Waals surface area contributed by atoms with Gasteiger partial charge in [0.05, 0.1) is 37.5 Å². The molecule has 1 amide bonds. The van der Waals surface area contributed by atoms with Gasteiger partial charge in [-0.15, -0.1) is 0 Å². The summed E-state index contributed by atoms with van der Waals surface area (Å²) in [6, 6.07) is 9.72. The number of nitrogens with zero attached hydrogens (tertiary/aromatic N) is 2. The van der Waals surface area contributed by atoms with E-state index in [9.17, 15) is 4.79 Å². The Bertz CT molecular complexity index is 1110. The molecular weight excluding hydrogens is 400 g/mol. The van der Waals surface area contributed by atoms with Crippen LogP contribution in [0.2, 0.25) is 0 Å². The number of hydrogen-bond acceptors (Lipinski definition) is 5. The van der Waals surface area contributed by atoms with Crippen LogP contribution in [0.3, 0.4) is 0 Å². The number of carbonyl (C=O) groups is 1. The SMILES string of the molecule is CCOCCn1c(=NC(=O)Cc2ccc(OC)cc2OC)sc2c(C)cc(C)cc21. The van der Waals surface area contributed by atoms with E-state index >= 15 is 0 Å². The predicted molar refractivity (Wildman–Crippen MR) is 120 cm³/mol. The van der Waals surface area contributed by atoms with E-state index in [1.807, 2.05) is 19.1 Å². The van der Waals surface area contributed by atoms with Crippen molar-refractivity contribution in [3.63, 3.8) is 0 Å². The van der Waals surface area contributed by atoms with Crippen LogP contribution in [-0.2, 0) is 22.5 Å². The maximum absolute atomic E-state index is 12.8. The summed E-state index contributed by atoms with van der Waals surface area (Å²) < 4.78 is 19.4. The third-order valence-corrected chi connectivity index (χ3v) is 6.06. The van der Waals surface area contributed by atoms with Gasteiger partial charge in [0.15, 0.2) is 4.80 Å². The highest BCUT2D eigenvalue weighted by Gasteiger charge is 2.13. The molecule has 0 atom stereocenters. The first-order valence-electron chi connectivity index (χ1n) is 9.93. The summed E-state index contributed by atoms with van der Waals surface area (Å²) in [5.74, 6) is 1.08. The number of fused-ring (bicyclic) bond motifs is 1. The Kier molecular flexibility index (Phi) is 7.29. The molecule has 3 rings (SSSR count). The van der Waals surface area contributed by atoms with Crippen LogP contribution in [0.15, 0.2) is 35.3 Å². The van der Waals surface area contributed by atoms with Gasteiger partial charge in [-0.05, 0) is 44.0 Å². The van der Waals surface area contributed by atoms with Crippen molar-refractivity contribution in [1.82, 2.24) is 4.57 Å². The van der Waals surface area contributed by atoms with Crippen LogP contribution in [0.25, 0.3) is 10.2 Å². The van der Waals surface area contributed by atoms with Crippen LogP contribution in [0.5, 0.6) is 11.5 Å². The molecule has 0 radical (unpaired) electrons. The van der Waals surface area contributed by atoms with Gasteiger partial charge >= 0.3 is 0 Å². The zero-order chi connectivity index (χ0) is 21.7. The molecule has 0 saturated heterocycles. The molecule has 0 fully saturated rings. The number of carbonyl (C=O) groups excluding carboxylic acids is 1. The fraction of sp³-hybridized carbons (Fsp3) is 0.391. The van der Waals surface area contributed by atoms with Crippen LogP contribution in [-0.4, -0.2) is 37.9 Å². The van der Waals surface area contributed by atoms with Crippen molar-refractivity contribution in [2.45, 2.75) is 33.7 Å². The van der Waals surface area contributed by atoms with E-state index in [0.717, 1.165) is 15.8 Å². The fourth-order valence-electron chi connectivity index (χ4n) is 3.42. The molecule has 0 aliphatic heterocycles. The van der Waals surface area contributed by atoms with E-state index in [4.69, 9.17) is 14.2 Å². The number of aryl methyl sites for hydroxylation is 2. The fourth-order valence-corrected chi connectivity index (χ4v) is 4.54. The molecule has 0 spiro atoms. The van der Waals surface area contributed by atoms with Gasteiger partial charge in [0.2, 0.25) is 0 Å². The smallest absolute Gasteiger partial charge is 0.252 e. The summed E-state index contributed by atoms with van der Waals surface area (Å²) in [5, 5.41) is 0. The van der Waals surface area contributed by atoms with Crippen LogP contribution in [0.1, 0.15) is 23.6 Å². The normalized spacial score (nSPS) is 11.8. The average molecular weight is 429 g/mol. The molecule has 3 aromatic rings. The van der Waals surface area contributed by atoms with Crippen molar-refractivity contribution in [2.24, 2.45) is 4.99 Å². The zero-order valence-electron chi connectivity index (χ0n) is 18.2. The van der Waals surface area contributed by atoms with Gasteiger partial charge in [-0.1, -0.05) is 23.5 Å². The Morgan fingerprint density at radius 2 is 1.93 bits per heavy atom. The predicted octanol–water partition coefficient (Wildman–Crippen LogP) is 4.04. The second-order valence-electron chi connectivity index (χ2n) is 7.02. The number of ether oxygens (including phenoxy) is 3. The second-order valence-corrected chi connectivity index (χ2v) is 8.00. The third-order valence-electron chi connectivity index (χ3n) is 4.83. The minimum atomic E-state index is -0.218. The number of rotatable bonds is 8. The molecule has 7 heteroatoms. The molecular formula is C23H28N2O4S. The Hall–Kier alpha value is -2.64. The quantitative estimate of drug-likeness (QED) is 0.508. The van der Waals surface area contributed by atoms with Gasteiger partial charge in [-0.3, -0.25) is 4.79 Å². The molecule has 1 heterocycles. The Morgan fingerprint density at radius 3 is 2.63 bits per heavy atom. The van der Waals surface area contributed by atoms with E-state index in [2.05, 4.69) is 35.5 Å². The number of benzene rings is 2. The summed E-state index contributed by atoms with van der Waals surface area (Å²) in [4.78, 5) is 18.0. The highest BCUT2D eigenvalue weighted by molar-refractivity contribution is 7.16. The van der Waals surface area contributed by atoms with Gasteiger partial charge in [0.1, 0.15) is 11.5 Å². The summed E-state index contributed by atoms with van der Waals surface area (Å²) >= 11 is 1.54. The summed E-state index contributed by atoms with van der Waals surface area (Å²) in [6.45, 7) is 8.02. The first kappa shape index (κ1) is 22.1. The topological polar surface area (TPSA) is 62.1 Å². The maximum atomic E-state index is 12.8. The minimum absolute atomic E-state index is 0.158. The van der Waals surface area contributed by atoms with Gasteiger partial charge < -0.3 is 18.8 Å². The van der Waals surface area contributed by atoms with Crippen molar-refractivity contribution in [3.05, 3.63) is 51.8 Å². The molecule has 0 saturated carbocycles. The van der Waals surface area contributed by atoms with Crippen LogP contribution in [0, 0.1) is 13.8 Å². The number of hydrogen-bond donors (Lipinski definition) is 0. The molecule has 30 heavy (non-hydrogen) atoms. The second kappa shape index (κ2) is 9.91. The lowest BCUT2D eigenvalue weighted by Crippen LogP contribution is -2.20. The molecule has 0 aliphatic rings. The van der Waals surface area contributed by atoms with E-state index in [1.54, 1.807) is 31.6 Å². The highest BCUT2D eigenvalue weighted by Crippen LogP contribution is 2.26. The van der Waals surface area contributed by atoms with Crippen molar-refractivity contribution < 1.29 is 19.0 Å². The molecule has 160 valence electrons. The van der Waals surface area contributed by atoms with E-state index < -0.39 is 0 Å². The van der Waals surface area contributed by atoms with Crippen LogP contribution < -0.4 is 14.3 Å². The van der Waals surface area contributed by atoms with Gasteiger partial charge in [0.25, 0.3) is 5.91 Å². The van der Waals surface area contributed by atoms with E-state index in [1.165, 1.54) is 11.1 Å². The van der Waals surface area contributed by atoms with Crippen molar-refractivity contribution in [2.75, 3.05) is 27.4 Å². The summed E-state index contributed by atoms with van der Waals surface area (Å²) in [7, 11) is 3.18. The largest absolute Gasteiger partial charge is 0.497 e. The van der Waals surface area contributed by atoms with Crippen molar-refractivity contribution in [1.29, 1.82) is 0 Å². The molecule has 2 aromatic carbocycles. The summed E-state index contributed by atoms with van der Waals surface area (Å²) in [5.41, 5.74) is 4.24. The number of aromatic nitrogens is 1.